The van der Waals surface area contributed by atoms with E-state index in [4.69, 9.17) is 4.74 Å². The Morgan fingerprint density at radius 1 is 0.926 bits per heavy atom. The molecule has 0 fully saturated rings. The Morgan fingerprint density at radius 2 is 1.48 bits per heavy atom. The van der Waals surface area contributed by atoms with Crippen molar-refractivity contribution < 1.29 is 9.53 Å². The molecule has 6 heteroatoms. The van der Waals surface area contributed by atoms with E-state index in [2.05, 4.69) is 61.4 Å². The lowest BCUT2D eigenvalue weighted by Crippen LogP contribution is -2.33. The number of hydrogen-bond acceptors (Lipinski definition) is 3. The second kappa shape index (κ2) is 8.33. The number of nitrogens with one attached hydrogen (secondary N) is 1. The molecule has 2 aliphatic heterocycles. The Kier molecular flexibility index (Phi) is 6.28. The highest BCUT2D eigenvalue weighted by atomic mass is 79.9. The van der Waals surface area contributed by atoms with Crippen molar-refractivity contribution in [3.05, 3.63) is 67.6 Å². The van der Waals surface area contributed by atoms with Crippen LogP contribution in [0.2, 0.25) is 0 Å². The minimum atomic E-state index is -0.438. The molecule has 2 aromatic rings. The van der Waals surface area contributed by atoms with E-state index in [0.29, 0.717) is 13.1 Å². The number of hydrogen-bond donors (Lipinski definition) is 1. The van der Waals surface area contributed by atoms with Crippen molar-refractivity contribution in [2.75, 3.05) is 0 Å². The molecule has 4 rings (SSSR count). The summed E-state index contributed by atoms with van der Waals surface area (Å²) in [6.07, 6.45) is -0.246. The highest BCUT2D eigenvalue weighted by molar-refractivity contribution is 9.10. The number of carbonyl (C=O) groups excluding carboxylic acids is 1. The summed E-state index contributed by atoms with van der Waals surface area (Å²) in [6.45, 7) is 8.96. The van der Waals surface area contributed by atoms with Gasteiger partial charge in [0, 0.05) is 35.1 Å². The van der Waals surface area contributed by atoms with Gasteiger partial charge in [-0.3, -0.25) is 4.90 Å². The Bertz CT molecular complexity index is 847. The number of nitrogens with zero attached hydrogens (tertiary/aromatic N) is 1. The molecule has 0 aromatic heterocycles. The molecule has 1 amide bonds. The highest BCUT2D eigenvalue weighted by Crippen LogP contribution is 2.27. The van der Waals surface area contributed by atoms with E-state index in [0.717, 1.165) is 17.6 Å². The fraction of sp³-hybridized carbons (Fsp3) is 0.381. The van der Waals surface area contributed by atoms with Crippen molar-refractivity contribution in [3.8, 4) is 0 Å². The summed E-state index contributed by atoms with van der Waals surface area (Å²) in [5.74, 6) is 0. The summed E-state index contributed by atoms with van der Waals surface area (Å²) in [5.41, 5.74) is 4.80. The van der Waals surface area contributed by atoms with Crippen molar-refractivity contribution in [1.82, 2.24) is 10.2 Å². The zero-order valence-corrected chi connectivity index (χ0v) is 19.0. The monoisotopic (exact) mass is 494 g/mol. The molecule has 2 heterocycles. The number of halogens is 2. The maximum absolute atomic E-state index is 11.9. The van der Waals surface area contributed by atoms with Gasteiger partial charge in [-0.05, 0) is 67.3 Å². The first-order chi connectivity index (χ1) is 12.7. The molecule has 2 aliphatic rings. The lowest BCUT2D eigenvalue weighted by molar-refractivity contribution is 0.0242. The van der Waals surface area contributed by atoms with Crippen LogP contribution < -0.4 is 5.32 Å². The van der Waals surface area contributed by atoms with E-state index in [-0.39, 0.29) is 6.09 Å². The third kappa shape index (κ3) is 5.56. The minimum Gasteiger partial charge on any atom is -0.444 e. The second-order valence-corrected chi connectivity index (χ2v) is 9.60. The number of ether oxygens (including phenoxy) is 1. The predicted molar refractivity (Wildman–Crippen MR) is 114 cm³/mol. The summed E-state index contributed by atoms with van der Waals surface area (Å²) in [6, 6.07) is 12.5. The SMILES string of the molecule is Brc1ccc2c(c1)CNC2.CC(C)(C)OC(=O)N1Cc2ccc(Br)cc2C1. The van der Waals surface area contributed by atoms with Crippen LogP contribution in [0.1, 0.15) is 43.0 Å². The van der Waals surface area contributed by atoms with E-state index in [9.17, 15) is 4.79 Å². The van der Waals surface area contributed by atoms with E-state index >= 15 is 0 Å². The van der Waals surface area contributed by atoms with Gasteiger partial charge in [-0.2, -0.15) is 0 Å². The quantitative estimate of drug-likeness (QED) is 0.505. The molecule has 4 nitrogen and oxygen atoms in total. The van der Waals surface area contributed by atoms with Gasteiger partial charge in [-0.15, -0.1) is 0 Å². The lowest BCUT2D eigenvalue weighted by atomic mass is 10.1. The van der Waals surface area contributed by atoms with Crippen LogP contribution in [0, 0.1) is 0 Å². The van der Waals surface area contributed by atoms with Crippen molar-refractivity contribution in [3.63, 3.8) is 0 Å². The Hall–Kier alpha value is -1.37. The van der Waals surface area contributed by atoms with Crippen molar-refractivity contribution >= 4 is 38.0 Å². The Morgan fingerprint density at radius 3 is 2.15 bits per heavy atom. The topological polar surface area (TPSA) is 41.6 Å². The van der Waals surface area contributed by atoms with E-state index in [1.54, 1.807) is 4.90 Å². The molecule has 0 bridgehead atoms. The Labute approximate surface area is 177 Å². The van der Waals surface area contributed by atoms with Crippen LogP contribution in [0.15, 0.2) is 45.3 Å². The van der Waals surface area contributed by atoms with E-state index in [1.807, 2.05) is 32.9 Å². The van der Waals surface area contributed by atoms with E-state index in [1.165, 1.54) is 26.7 Å². The first kappa shape index (κ1) is 20.4. The third-order valence-electron chi connectivity index (χ3n) is 4.34. The summed E-state index contributed by atoms with van der Waals surface area (Å²) in [5, 5.41) is 3.29. The van der Waals surface area contributed by atoms with Crippen molar-refractivity contribution in [2.24, 2.45) is 0 Å². The molecular formula is C21H24Br2N2O2. The molecule has 144 valence electrons. The van der Waals surface area contributed by atoms with Crippen LogP contribution >= 0.6 is 31.9 Å². The Balaban J connectivity index is 0.000000177. The molecule has 0 spiro atoms. The number of rotatable bonds is 0. The fourth-order valence-corrected chi connectivity index (χ4v) is 3.90. The molecule has 0 saturated heterocycles. The third-order valence-corrected chi connectivity index (χ3v) is 5.33. The van der Waals surface area contributed by atoms with Gasteiger partial charge in [0.15, 0.2) is 0 Å². The highest BCUT2D eigenvalue weighted by Gasteiger charge is 2.27. The van der Waals surface area contributed by atoms with Crippen LogP contribution in [0.4, 0.5) is 4.79 Å². The number of fused-ring (bicyclic) bond motifs is 2. The lowest BCUT2D eigenvalue weighted by Gasteiger charge is -2.24. The molecule has 27 heavy (non-hydrogen) atoms. The van der Waals surface area contributed by atoms with Gasteiger partial charge in [0.2, 0.25) is 0 Å². The summed E-state index contributed by atoms with van der Waals surface area (Å²) >= 11 is 6.87. The molecular weight excluding hydrogens is 472 g/mol. The van der Waals surface area contributed by atoms with Crippen molar-refractivity contribution in [2.45, 2.75) is 52.6 Å². The van der Waals surface area contributed by atoms with Gasteiger partial charge >= 0.3 is 6.09 Å². The largest absolute Gasteiger partial charge is 0.444 e. The van der Waals surface area contributed by atoms with Gasteiger partial charge in [0.05, 0.1) is 0 Å². The average molecular weight is 496 g/mol. The average Bonchev–Trinajstić information content (AvgIpc) is 3.19. The first-order valence-corrected chi connectivity index (χ1v) is 10.5. The van der Waals surface area contributed by atoms with Gasteiger partial charge in [0.25, 0.3) is 0 Å². The molecule has 0 unspecified atom stereocenters. The molecule has 0 radical (unpaired) electrons. The molecule has 1 N–H and O–H groups in total. The zero-order chi connectivity index (χ0) is 19.6. The van der Waals surface area contributed by atoms with Crippen molar-refractivity contribution in [1.29, 1.82) is 0 Å². The van der Waals surface area contributed by atoms with Crippen LogP contribution in [-0.4, -0.2) is 16.6 Å². The fourth-order valence-electron chi connectivity index (χ4n) is 3.08. The standard InChI is InChI=1S/C13H16BrNO2.C8H8BrN/c1-13(2,3)17-12(16)15-7-9-4-5-11(14)6-10(9)8-15;9-8-2-1-6-4-10-5-7(6)3-8/h4-6H,7-8H2,1-3H3;1-3,10H,4-5H2. The number of carbonyl (C=O) groups is 1. The van der Waals surface area contributed by atoms with Gasteiger partial charge in [-0.1, -0.05) is 44.0 Å². The molecule has 0 atom stereocenters. The van der Waals surface area contributed by atoms with Gasteiger partial charge in [-0.25, -0.2) is 4.79 Å². The molecule has 0 saturated carbocycles. The van der Waals surface area contributed by atoms with E-state index < -0.39 is 5.60 Å². The maximum Gasteiger partial charge on any atom is 0.410 e. The predicted octanol–water partition coefficient (Wildman–Crippen LogP) is 5.75. The molecule has 2 aromatic carbocycles. The summed E-state index contributed by atoms with van der Waals surface area (Å²) < 4.78 is 7.58. The molecule has 0 aliphatic carbocycles. The van der Waals surface area contributed by atoms with Crippen LogP contribution in [0.25, 0.3) is 0 Å². The number of amides is 1. The van der Waals surface area contributed by atoms with Gasteiger partial charge in [0.1, 0.15) is 5.60 Å². The van der Waals surface area contributed by atoms with Crippen LogP contribution in [-0.2, 0) is 30.9 Å². The summed E-state index contributed by atoms with van der Waals surface area (Å²) in [7, 11) is 0. The number of benzene rings is 2. The van der Waals surface area contributed by atoms with Gasteiger partial charge < -0.3 is 10.1 Å². The smallest absolute Gasteiger partial charge is 0.410 e. The minimum absolute atomic E-state index is 0.246. The maximum atomic E-state index is 11.9. The normalized spacial score (nSPS) is 14.9. The van der Waals surface area contributed by atoms with Crippen LogP contribution in [0.3, 0.4) is 0 Å². The zero-order valence-electron chi connectivity index (χ0n) is 15.8. The second-order valence-electron chi connectivity index (χ2n) is 7.77. The summed E-state index contributed by atoms with van der Waals surface area (Å²) in [4.78, 5) is 13.6. The first-order valence-electron chi connectivity index (χ1n) is 8.94. The van der Waals surface area contributed by atoms with Crippen LogP contribution in [0.5, 0.6) is 0 Å².